The van der Waals surface area contributed by atoms with Crippen LogP contribution < -0.4 is 20.1 Å². The summed E-state index contributed by atoms with van der Waals surface area (Å²) in [6, 6.07) is 12.8. The molecule has 1 atom stereocenters. The third-order valence-electron chi connectivity index (χ3n) is 4.65. The molecular weight excluding hydrogens is 387 g/mol. The minimum absolute atomic E-state index is 0.248. The van der Waals surface area contributed by atoms with E-state index in [2.05, 4.69) is 15.7 Å². The Morgan fingerprint density at radius 1 is 1.13 bits per heavy atom. The van der Waals surface area contributed by atoms with E-state index in [1.807, 2.05) is 38.1 Å². The zero-order valence-electron chi connectivity index (χ0n) is 17.2. The van der Waals surface area contributed by atoms with Crippen molar-refractivity contribution < 1.29 is 18.7 Å². The van der Waals surface area contributed by atoms with Gasteiger partial charge in [0.25, 0.3) is 0 Å². The van der Waals surface area contributed by atoms with Gasteiger partial charge in [-0.3, -0.25) is 0 Å². The molecule has 1 heterocycles. The van der Waals surface area contributed by atoms with Gasteiger partial charge in [0.2, 0.25) is 0 Å². The van der Waals surface area contributed by atoms with Crippen LogP contribution in [-0.4, -0.2) is 36.1 Å². The molecule has 2 N–H and O–H groups in total. The quantitative estimate of drug-likeness (QED) is 0.552. The maximum absolute atomic E-state index is 13.1. The molecule has 0 saturated carbocycles. The Morgan fingerprint density at radius 3 is 2.47 bits per heavy atom. The number of urea groups is 1. The van der Waals surface area contributed by atoms with Crippen molar-refractivity contribution in [2.24, 2.45) is 0 Å². The van der Waals surface area contributed by atoms with Crippen molar-refractivity contribution in [3.05, 3.63) is 71.8 Å². The van der Waals surface area contributed by atoms with Gasteiger partial charge in [0.15, 0.2) is 0 Å². The Morgan fingerprint density at radius 2 is 1.80 bits per heavy atom. The van der Waals surface area contributed by atoms with Crippen LogP contribution >= 0.6 is 0 Å². The van der Waals surface area contributed by atoms with Crippen molar-refractivity contribution in [3.63, 3.8) is 0 Å². The maximum atomic E-state index is 13.1. The lowest BCUT2D eigenvalue weighted by molar-refractivity contribution is 0.233. The van der Waals surface area contributed by atoms with E-state index in [0.717, 1.165) is 22.7 Å². The average Bonchev–Trinajstić information content (AvgIpc) is 3.13. The van der Waals surface area contributed by atoms with Crippen LogP contribution in [0.1, 0.15) is 24.2 Å². The van der Waals surface area contributed by atoms with Crippen LogP contribution in [0.5, 0.6) is 11.5 Å². The number of ether oxygens (including phenoxy) is 2. The molecule has 0 saturated heterocycles. The second-order valence-electron chi connectivity index (χ2n) is 6.72. The van der Waals surface area contributed by atoms with E-state index in [-0.39, 0.29) is 17.9 Å². The van der Waals surface area contributed by atoms with Crippen molar-refractivity contribution in [1.82, 2.24) is 20.4 Å². The van der Waals surface area contributed by atoms with Gasteiger partial charge >= 0.3 is 6.03 Å². The van der Waals surface area contributed by atoms with Crippen molar-refractivity contribution in [2.75, 3.05) is 20.3 Å². The highest BCUT2D eigenvalue weighted by Crippen LogP contribution is 2.20. The number of aromatic nitrogens is 2. The van der Waals surface area contributed by atoms with Crippen LogP contribution in [0.3, 0.4) is 0 Å². The van der Waals surface area contributed by atoms with Crippen molar-refractivity contribution in [1.29, 1.82) is 0 Å². The summed E-state index contributed by atoms with van der Waals surface area (Å²) in [7, 11) is 1.61. The van der Waals surface area contributed by atoms with Gasteiger partial charge in [-0.05, 0) is 62.4 Å². The number of hydrogen-bond donors (Lipinski definition) is 2. The van der Waals surface area contributed by atoms with Gasteiger partial charge in [-0.25, -0.2) is 13.9 Å². The first-order chi connectivity index (χ1) is 14.5. The Kier molecular flexibility index (Phi) is 6.90. The van der Waals surface area contributed by atoms with Crippen molar-refractivity contribution >= 4 is 6.03 Å². The van der Waals surface area contributed by atoms with Crippen LogP contribution in [-0.2, 0) is 0 Å². The fourth-order valence-corrected chi connectivity index (χ4v) is 3.02. The predicted molar refractivity (Wildman–Crippen MR) is 112 cm³/mol. The highest BCUT2D eigenvalue weighted by atomic mass is 19.1. The minimum Gasteiger partial charge on any atom is -0.497 e. The molecule has 0 aliphatic carbocycles. The largest absolute Gasteiger partial charge is 0.497 e. The third-order valence-corrected chi connectivity index (χ3v) is 4.65. The topological polar surface area (TPSA) is 77.4 Å². The summed E-state index contributed by atoms with van der Waals surface area (Å²) in [5.41, 5.74) is 2.51. The van der Waals surface area contributed by atoms with E-state index in [9.17, 15) is 9.18 Å². The van der Waals surface area contributed by atoms with Gasteiger partial charge in [-0.2, -0.15) is 5.10 Å². The Labute approximate surface area is 174 Å². The lowest BCUT2D eigenvalue weighted by Gasteiger charge is -2.15. The summed E-state index contributed by atoms with van der Waals surface area (Å²) in [5.74, 6) is 1.16. The molecule has 0 spiro atoms. The maximum Gasteiger partial charge on any atom is 0.315 e. The number of carbonyl (C=O) groups excluding carboxylic acids is 1. The first-order valence-electron chi connectivity index (χ1n) is 9.59. The Bertz CT molecular complexity index is 971. The number of methoxy groups -OCH3 is 1. The lowest BCUT2D eigenvalue weighted by atomic mass is 10.1. The van der Waals surface area contributed by atoms with E-state index < -0.39 is 0 Å². The van der Waals surface area contributed by atoms with E-state index in [0.29, 0.717) is 18.9 Å². The van der Waals surface area contributed by atoms with Crippen molar-refractivity contribution in [2.45, 2.75) is 19.9 Å². The first-order valence-corrected chi connectivity index (χ1v) is 9.59. The molecule has 8 heteroatoms. The van der Waals surface area contributed by atoms with Crippen LogP contribution in [0.2, 0.25) is 0 Å². The Hall–Kier alpha value is -3.55. The standard InChI is InChI=1S/C22H25FN4O3/c1-15(21-14-25-27(16(21)2)18-6-4-17(23)5-7-18)26-22(28)24-12-13-30-20-10-8-19(29-3)9-11-20/h4-11,14-15H,12-13H2,1-3H3,(H2,24,26,28)/t15-/m0/s1. The van der Waals surface area contributed by atoms with E-state index >= 15 is 0 Å². The fourth-order valence-electron chi connectivity index (χ4n) is 3.02. The molecule has 0 unspecified atom stereocenters. The molecule has 3 aromatic rings. The van der Waals surface area contributed by atoms with Crippen LogP contribution in [0.25, 0.3) is 5.69 Å². The molecule has 30 heavy (non-hydrogen) atoms. The molecule has 7 nitrogen and oxygen atoms in total. The summed E-state index contributed by atoms with van der Waals surface area (Å²) < 4.78 is 25.5. The van der Waals surface area contributed by atoms with Crippen LogP contribution in [0, 0.1) is 12.7 Å². The Balaban J connectivity index is 1.47. The molecule has 158 valence electrons. The van der Waals surface area contributed by atoms with Crippen molar-refractivity contribution in [3.8, 4) is 17.2 Å². The summed E-state index contributed by atoms with van der Waals surface area (Å²) in [5, 5.41) is 10.0. The third kappa shape index (κ3) is 5.28. The summed E-state index contributed by atoms with van der Waals surface area (Å²) in [6.07, 6.45) is 1.70. The number of nitrogens with one attached hydrogen (secondary N) is 2. The molecule has 0 aliphatic heterocycles. The highest BCUT2D eigenvalue weighted by molar-refractivity contribution is 5.74. The highest BCUT2D eigenvalue weighted by Gasteiger charge is 2.16. The number of halogens is 1. The monoisotopic (exact) mass is 412 g/mol. The normalized spacial score (nSPS) is 11.6. The van der Waals surface area contributed by atoms with Gasteiger partial charge in [-0.15, -0.1) is 0 Å². The first kappa shape index (κ1) is 21.2. The lowest BCUT2D eigenvalue weighted by Crippen LogP contribution is -2.39. The zero-order chi connectivity index (χ0) is 21.5. The second-order valence-corrected chi connectivity index (χ2v) is 6.72. The number of benzene rings is 2. The number of amides is 2. The van der Waals surface area contributed by atoms with Crippen LogP contribution in [0.15, 0.2) is 54.7 Å². The molecular formula is C22H25FN4O3. The fraction of sp³-hybridized carbons (Fsp3) is 0.273. The van der Waals surface area contributed by atoms with Crippen LogP contribution in [0.4, 0.5) is 9.18 Å². The average molecular weight is 412 g/mol. The van der Waals surface area contributed by atoms with E-state index in [1.54, 1.807) is 30.1 Å². The second kappa shape index (κ2) is 9.78. The molecule has 1 aromatic heterocycles. The van der Waals surface area contributed by atoms with E-state index in [4.69, 9.17) is 9.47 Å². The number of nitrogens with zero attached hydrogens (tertiary/aromatic N) is 2. The zero-order valence-corrected chi connectivity index (χ0v) is 17.2. The molecule has 2 amide bonds. The number of hydrogen-bond acceptors (Lipinski definition) is 4. The molecule has 0 fully saturated rings. The smallest absolute Gasteiger partial charge is 0.315 e. The molecule has 0 radical (unpaired) electrons. The summed E-state index contributed by atoms with van der Waals surface area (Å²) in [6.45, 7) is 4.49. The molecule has 2 aromatic carbocycles. The molecule has 3 rings (SSSR count). The minimum atomic E-state index is -0.300. The molecule has 0 aliphatic rings. The van der Waals surface area contributed by atoms with Gasteiger partial charge in [0, 0.05) is 11.3 Å². The van der Waals surface area contributed by atoms with Gasteiger partial charge in [-0.1, -0.05) is 0 Å². The number of carbonyl (C=O) groups is 1. The summed E-state index contributed by atoms with van der Waals surface area (Å²) in [4.78, 5) is 12.2. The number of rotatable bonds is 8. The van der Waals surface area contributed by atoms with Gasteiger partial charge in [0.05, 0.1) is 31.6 Å². The van der Waals surface area contributed by atoms with Gasteiger partial charge in [0.1, 0.15) is 23.9 Å². The predicted octanol–water partition coefficient (Wildman–Crippen LogP) is 3.77. The van der Waals surface area contributed by atoms with Gasteiger partial charge < -0.3 is 20.1 Å². The van der Waals surface area contributed by atoms with E-state index in [1.165, 1.54) is 12.1 Å². The summed E-state index contributed by atoms with van der Waals surface area (Å²) >= 11 is 0. The SMILES string of the molecule is COc1ccc(OCCNC(=O)N[C@@H](C)c2cnn(-c3ccc(F)cc3)c2C)cc1. The molecule has 0 bridgehead atoms.